The van der Waals surface area contributed by atoms with E-state index in [-0.39, 0.29) is 5.91 Å². The molecule has 1 amide bonds. The maximum absolute atomic E-state index is 13.4. The lowest BCUT2D eigenvalue weighted by molar-refractivity contribution is -0.118. The van der Waals surface area contributed by atoms with Crippen LogP contribution in [-0.2, 0) is 24.2 Å². The Balaban J connectivity index is 1.64. The fourth-order valence-electron chi connectivity index (χ4n) is 3.36. The summed E-state index contributed by atoms with van der Waals surface area (Å²) in [5.74, 6) is 0.823. The molecule has 0 aliphatic rings. The van der Waals surface area contributed by atoms with Crippen LogP contribution in [0, 0.1) is 0 Å². The van der Waals surface area contributed by atoms with Gasteiger partial charge in [0.2, 0.25) is 5.91 Å². The lowest BCUT2D eigenvalue weighted by Gasteiger charge is -2.20. The summed E-state index contributed by atoms with van der Waals surface area (Å²) in [6, 6.07) is 17.9. The molecule has 4 aromatic rings. The Labute approximate surface area is 186 Å². The molecular formula is C25H25N3O2S. The van der Waals surface area contributed by atoms with E-state index in [4.69, 9.17) is 9.72 Å². The van der Waals surface area contributed by atoms with Crippen molar-refractivity contribution in [1.29, 1.82) is 0 Å². The number of carbonyl (C=O) groups excluding carboxylic acids is 1. The van der Waals surface area contributed by atoms with Gasteiger partial charge in [-0.05, 0) is 54.3 Å². The monoisotopic (exact) mass is 431 g/mol. The molecule has 2 aromatic carbocycles. The highest BCUT2D eigenvalue weighted by Crippen LogP contribution is 2.32. The van der Waals surface area contributed by atoms with Crippen LogP contribution in [0.25, 0.3) is 10.2 Å². The summed E-state index contributed by atoms with van der Waals surface area (Å²) >= 11 is 1.50. The van der Waals surface area contributed by atoms with Gasteiger partial charge >= 0.3 is 0 Å². The molecule has 6 heteroatoms. The predicted octanol–water partition coefficient (Wildman–Crippen LogP) is 5.43. The Hall–Kier alpha value is -3.25. The van der Waals surface area contributed by atoms with Gasteiger partial charge in [0.05, 0.1) is 29.8 Å². The number of carbonyl (C=O) groups is 1. The second kappa shape index (κ2) is 9.71. The molecular weight excluding hydrogens is 406 g/mol. The number of thiazole rings is 1. The normalized spacial score (nSPS) is 10.9. The zero-order valence-corrected chi connectivity index (χ0v) is 18.6. The SMILES string of the molecule is CCOc1ccc2nc(N(Cc3cccnc3)C(=O)Cc3ccc(CC)cc3)sc2c1. The van der Waals surface area contributed by atoms with Crippen molar-refractivity contribution in [2.45, 2.75) is 33.2 Å². The predicted molar refractivity (Wildman–Crippen MR) is 126 cm³/mol. The van der Waals surface area contributed by atoms with Crippen molar-refractivity contribution in [3.05, 3.63) is 83.7 Å². The Kier molecular flexibility index (Phi) is 6.57. The molecule has 0 bridgehead atoms. The van der Waals surface area contributed by atoms with E-state index < -0.39 is 0 Å². The first kappa shape index (κ1) is 21.0. The van der Waals surface area contributed by atoms with Crippen molar-refractivity contribution in [1.82, 2.24) is 9.97 Å². The van der Waals surface area contributed by atoms with E-state index in [9.17, 15) is 4.79 Å². The summed E-state index contributed by atoms with van der Waals surface area (Å²) in [5, 5.41) is 0.683. The van der Waals surface area contributed by atoms with Crippen LogP contribution in [0.5, 0.6) is 5.75 Å². The molecule has 31 heavy (non-hydrogen) atoms. The summed E-state index contributed by atoms with van der Waals surface area (Å²) in [6.45, 7) is 5.13. The molecule has 2 heterocycles. The number of aryl methyl sites for hydroxylation is 1. The third kappa shape index (κ3) is 5.09. The van der Waals surface area contributed by atoms with E-state index in [1.807, 2.05) is 49.4 Å². The van der Waals surface area contributed by atoms with Crippen molar-refractivity contribution in [3.63, 3.8) is 0 Å². The Morgan fingerprint density at radius 1 is 1.03 bits per heavy atom. The number of amides is 1. The molecule has 0 aliphatic heterocycles. The molecule has 0 N–H and O–H groups in total. The third-order valence-electron chi connectivity index (χ3n) is 5.04. The van der Waals surface area contributed by atoms with Gasteiger partial charge < -0.3 is 4.74 Å². The maximum atomic E-state index is 13.4. The van der Waals surface area contributed by atoms with Crippen molar-refractivity contribution < 1.29 is 9.53 Å². The number of nitrogens with zero attached hydrogens (tertiary/aromatic N) is 3. The van der Waals surface area contributed by atoms with E-state index >= 15 is 0 Å². The Morgan fingerprint density at radius 2 is 1.84 bits per heavy atom. The molecule has 4 rings (SSSR count). The minimum absolute atomic E-state index is 0.0113. The fraction of sp³-hybridized carbons (Fsp3) is 0.240. The topological polar surface area (TPSA) is 55.3 Å². The summed E-state index contributed by atoms with van der Waals surface area (Å²) in [6.07, 6.45) is 4.83. The number of hydrogen-bond donors (Lipinski definition) is 0. The number of pyridine rings is 1. The number of anilines is 1. The largest absolute Gasteiger partial charge is 0.494 e. The zero-order chi connectivity index (χ0) is 21.6. The van der Waals surface area contributed by atoms with E-state index in [2.05, 4.69) is 24.0 Å². The molecule has 0 atom stereocenters. The average molecular weight is 432 g/mol. The number of rotatable bonds is 8. The van der Waals surface area contributed by atoms with Crippen LogP contribution in [0.2, 0.25) is 0 Å². The first-order valence-corrected chi connectivity index (χ1v) is 11.3. The highest BCUT2D eigenvalue weighted by atomic mass is 32.1. The van der Waals surface area contributed by atoms with Gasteiger partial charge in [0.1, 0.15) is 5.75 Å². The molecule has 0 unspecified atom stereocenters. The van der Waals surface area contributed by atoms with E-state index in [0.29, 0.717) is 24.7 Å². The molecule has 0 saturated carbocycles. The minimum Gasteiger partial charge on any atom is -0.494 e. The first-order chi connectivity index (χ1) is 15.2. The smallest absolute Gasteiger partial charge is 0.233 e. The molecule has 2 aromatic heterocycles. The molecule has 0 spiro atoms. The summed E-state index contributed by atoms with van der Waals surface area (Å²) in [4.78, 5) is 24.1. The van der Waals surface area contributed by atoms with Crippen LogP contribution in [0.15, 0.2) is 67.0 Å². The van der Waals surface area contributed by atoms with Gasteiger partial charge in [-0.2, -0.15) is 0 Å². The summed E-state index contributed by atoms with van der Waals surface area (Å²) < 4.78 is 6.61. The third-order valence-corrected chi connectivity index (χ3v) is 6.08. The van der Waals surface area contributed by atoms with Gasteiger partial charge in [-0.1, -0.05) is 48.6 Å². The minimum atomic E-state index is 0.0113. The van der Waals surface area contributed by atoms with Crippen LogP contribution >= 0.6 is 11.3 Å². The van der Waals surface area contributed by atoms with Gasteiger partial charge in [0.25, 0.3) is 0 Å². The van der Waals surface area contributed by atoms with Crippen LogP contribution in [0.1, 0.15) is 30.5 Å². The number of hydrogen-bond acceptors (Lipinski definition) is 5. The van der Waals surface area contributed by atoms with E-state index in [0.717, 1.165) is 33.5 Å². The maximum Gasteiger partial charge on any atom is 0.233 e. The first-order valence-electron chi connectivity index (χ1n) is 10.5. The lowest BCUT2D eigenvalue weighted by Crippen LogP contribution is -2.31. The summed E-state index contributed by atoms with van der Waals surface area (Å²) in [5.41, 5.74) is 4.09. The van der Waals surface area contributed by atoms with E-state index in [1.54, 1.807) is 17.3 Å². The van der Waals surface area contributed by atoms with Crippen LogP contribution in [-0.4, -0.2) is 22.5 Å². The van der Waals surface area contributed by atoms with Gasteiger partial charge in [0.15, 0.2) is 5.13 Å². The fourth-order valence-corrected chi connectivity index (χ4v) is 4.37. The molecule has 0 fully saturated rings. The second-order valence-corrected chi connectivity index (χ2v) is 8.26. The Bertz CT molecular complexity index is 1160. The highest BCUT2D eigenvalue weighted by molar-refractivity contribution is 7.22. The Morgan fingerprint density at radius 3 is 2.55 bits per heavy atom. The molecule has 0 radical (unpaired) electrons. The average Bonchev–Trinajstić information content (AvgIpc) is 3.22. The number of aromatic nitrogens is 2. The standard InChI is InChI=1S/C25H25N3O2S/c1-3-18-7-9-19(10-8-18)14-24(29)28(17-20-6-5-13-26-16-20)25-27-22-12-11-21(30-4-2)15-23(22)31-25/h5-13,15-16H,3-4,14,17H2,1-2H3. The number of fused-ring (bicyclic) bond motifs is 1. The van der Waals surface area contributed by atoms with Crippen molar-refractivity contribution >= 4 is 32.6 Å². The molecule has 0 saturated heterocycles. The van der Waals surface area contributed by atoms with Crippen molar-refractivity contribution in [2.75, 3.05) is 11.5 Å². The van der Waals surface area contributed by atoms with Crippen LogP contribution in [0.4, 0.5) is 5.13 Å². The van der Waals surface area contributed by atoms with Gasteiger partial charge in [-0.3, -0.25) is 14.7 Å². The lowest BCUT2D eigenvalue weighted by atomic mass is 10.1. The quantitative estimate of drug-likeness (QED) is 0.373. The number of ether oxygens (including phenoxy) is 1. The van der Waals surface area contributed by atoms with Gasteiger partial charge in [-0.15, -0.1) is 0 Å². The molecule has 0 aliphatic carbocycles. The highest BCUT2D eigenvalue weighted by Gasteiger charge is 2.21. The van der Waals surface area contributed by atoms with E-state index in [1.165, 1.54) is 16.9 Å². The summed E-state index contributed by atoms with van der Waals surface area (Å²) in [7, 11) is 0. The molecule has 5 nitrogen and oxygen atoms in total. The zero-order valence-electron chi connectivity index (χ0n) is 17.7. The van der Waals surface area contributed by atoms with Gasteiger partial charge in [-0.25, -0.2) is 4.98 Å². The van der Waals surface area contributed by atoms with Crippen molar-refractivity contribution in [2.24, 2.45) is 0 Å². The van der Waals surface area contributed by atoms with Crippen LogP contribution in [0.3, 0.4) is 0 Å². The molecule has 158 valence electrons. The number of benzene rings is 2. The second-order valence-electron chi connectivity index (χ2n) is 7.25. The van der Waals surface area contributed by atoms with Crippen LogP contribution < -0.4 is 9.64 Å². The van der Waals surface area contributed by atoms with Gasteiger partial charge in [0, 0.05) is 12.4 Å². The van der Waals surface area contributed by atoms with Crippen molar-refractivity contribution in [3.8, 4) is 5.75 Å².